The van der Waals surface area contributed by atoms with E-state index in [-0.39, 0.29) is 0 Å². The van der Waals surface area contributed by atoms with Crippen LogP contribution in [-0.4, -0.2) is 6.41 Å². The lowest BCUT2D eigenvalue weighted by Crippen LogP contribution is -2.15. The van der Waals surface area contributed by atoms with Crippen molar-refractivity contribution in [3.05, 3.63) is 24.3 Å². The zero-order chi connectivity index (χ0) is 8.10. The molecule has 0 aliphatic rings. The van der Waals surface area contributed by atoms with E-state index in [1.54, 1.807) is 24.3 Å². The molecule has 0 radical (unpaired) electrons. The van der Waals surface area contributed by atoms with E-state index in [4.69, 9.17) is 10.6 Å². The zero-order valence-electron chi connectivity index (χ0n) is 5.78. The molecule has 0 heterocycles. The van der Waals surface area contributed by atoms with E-state index in [1.807, 2.05) is 0 Å². The van der Waals surface area contributed by atoms with Gasteiger partial charge < -0.3 is 10.6 Å². The van der Waals surface area contributed by atoms with Crippen LogP contribution in [0.25, 0.3) is 0 Å². The summed E-state index contributed by atoms with van der Waals surface area (Å²) < 4.78 is 0. The van der Waals surface area contributed by atoms with E-state index < -0.39 is 0 Å². The normalized spacial score (nSPS) is 8.73. The van der Waals surface area contributed by atoms with E-state index in [9.17, 15) is 4.79 Å². The molecule has 0 fully saturated rings. The van der Waals surface area contributed by atoms with Crippen molar-refractivity contribution in [2.24, 2.45) is 0 Å². The largest absolute Gasteiger partial charge is 0.399 e. The average Bonchev–Trinajstić information content (AvgIpc) is 2.01. The summed E-state index contributed by atoms with van der Waals surface area (Å²) in [4.78, 5) is 14.5. The molecule has 4 nitrogen and oxygen atoms in total. The monoisotopic (exact) mass is 152 g/mol. The topological polar surface area (TPSA) is 64.3 Å². The fraction of sp³-hybridized carbons (Fsp3) is 0. The molecule has 58 valence electrons. The number of nitrogen functional groups attached to an aromatic ring is 1. The number of rotatable bonds is 3. The predicted octanol–water partition coefficient (Wildman–Crippen LogP) is 0.309. The number of hydroxylamine groups is 1. The van der Waals surface area contributed by atoms with E-state index >= 15 is 0 Å². The average molecular weight is 152 g/mol. The fourth-order valence-corrected chi connectivity index (χ4v) is 0.670. The van der Waals surface area contributed by atoms with Gasteiger partial charge in [0.25, 0.3) is 0 Å². The Bertz CT molecular complexity index is 250. The van der Waals surface area contributed by atoms with Crippen molar-refractivity contribution in [3.8, 4) is 5.75 Å². The minimum Gasteiger partial charge on any atom is -0.399 e. The first-order chi connectivity index (χ1) is 5.33. The van der Waals surface area contributed by atoms with Crippen molar-refractivity contribution in [1.29, 1.82) is 0 Å². The Hall–Kier alpha value is -1.71. The van der Waals surface area contributed by atoms with Gasteiger partial charge in [-0.15, -0.1) is 0 Å². The molecule has 0 aliphatic carbocycles. The van der Waals surface area contributed by atoms with E-state index in [2.05, 4.69) is 5.48 Å². The number of carbonyl (C=O) groups excluding carboxylic acids is 1. The van der Waals surface area contributed by atoms with Gasteiger partial charge in [-0.05, 0) is 12.1 Å². The lowest BCUT2D eigenvalue weighted by atomic mass is 10.3. The number of carbonyl (C=O) groups is 1. The third-order valence-electron chi connectivity index (χ3n) is 1.08. The van der Waals surface area contributed by atoms with Crippen LogP contribution in [0.4, 0.5) is 5.69 Å². The SMILES string of the molecule is Nc1cccc(ONC=O)c1. The Balaban J connectivity index is 2.63. The van der Waals surface area contributed by atoms with Gasteiger partial charge in [-0.1, -0.05) is 6.07 Å². The summed E-state index contributed by atoms with van der Waals surface area (Å²) in [6.07, 6.45) is 0.448. The summed E-state index contributed by atoms with van der Waals surface area (Å²) in [6, 6.07) is 6.76. The van der Waals surface area contributed by atoms with Gasteiger partial charge in [-0.25, -0.2) is 0 Å². The van der Waals surface area contributed by atoms with Crippen LogP contribution in [0.2, 0.25) is 0 Å². The summed E-state index contributed by atoms with van der Waals surface area (Å²) in [6.45, 7) is 0. The highest BCUT2D eigenvalue weighted by molar-refractivity contribution is 5.46. The van der Waals surface area contributed by atoms with Crippen molar-refractivity contribution in [2.75, 3.05) is 5.73 Å². The van der Waals surface area contributed by atoms with Gasteiger partial charge in [-0.2, -0.15) is 5.48 Å². The quantitative estimate of drug-likeness (QED) is 0.372. The van der Waals surface area contributed by atoms with E-state index in [0.29, 0.717) is 17.8 Å². The van der Waals surface area contributed by atoms with Crippen LogP contribution in [0.1, 0.15) is 0 Å². The van der Waals surface area contributed by atoms with Crippen LogP contribution in [0.5, 0.6) is 5.75 Å². The second kappa shape index (κ2) is 3.46. The van der Waals surface area contributed by atoms with Crippen LogP contribution in [0, 0.1) is 0 Å². The van der Waals surface area contributed by atoms with Gasteiger partial charge in [0.2, 0.25) is 6.41 Å². The summed E-state index contributed by atoms with van der Waals surface area (Å²) in [7, 11) is 0. The Kier molecular flexibility index (Phi) is 2.32. The fourth-order valence-electron chi connectivity index (χ4n) is 0.670. The van der Waals surface area contributed by atoms with Crippen molar-refractivity contribution < 1.29 is 9.63 Å². The van der Waals surface area contributed by atoms with Crippen LogP contribution < -0.4 is 16.1 Å². The van der Waals surface area contributed by atoms with Crippen LogP contribution in [0.15, 0.2) is 24.3 Å². The summed E-state index contributed by atoms with van der Waals surface area (Å²) >= 11 is 0. The number of hydrogen-bond donors (Lipinski definition) is 2. The molecule has 1 aromatic rings. The number of nitrogens with two attached hydrogens (primary N) is 1. The summed E-state index contributed by atoms with van der Waals surface area (Å²) in [5.41, 5.74) is 8.08. The predicted molar refractivity (Wildman–Crippen MR) is 40.7 cm³/mol. The van der Waals surface area contributed by atoms with Crippen molar-refractivity contribution in [1.82, 2.24) is 5.48 Å². The van der Waals surface area contributed by atoms with Gasteiger partial charge in [0.05, 0.1) is 0 Å². The Morgan fingerprint density at radius 2 is 2.36 bits per heavy atom. The van der Waals surface area contributed by atoms with Gasteiger partial charge in [0, 0.05) is 11.8 Å². The third kappa shape index (κ3) is 2.17. The third-order valence-corrected chi connectivity index (χ3v) is 1.08. The molecule has 0 saturated carbocycles. The molecule has 0 aliphatic heterocycles. The number of anilines is 1. The van der Waals surface area contributed by atoms with Crippen molar-refractivity contribution >= 4 is 12.1 Å². The molecule has 0 bridgehead atoms. The maximum atomic E-state index is 9.80. The number of amides is 1. The minimum absolute atomic E-state index is 0.448. The minimum atomic E-state index is 0.448. The molecule has 0 saturated heterocycles. The lowest BCUT2D eigenvalue weighted by molar-refractivity contribution is -0.115. The van der Waals surface area contributed by atoms with E-state index in [1.165, 1.54) is 0 Å². The molecule has 3 N–H and O–H groups in total. The maximum Gasteiger partial charge on any atom is 0.239 e. The lowest BCUT2D eigenvalue weighted by Gasteiger charge is -2.01. The first-order valence-corrected chi connectivity index (χ1v) is 3.04. The molecular formula is C7H8N2O2. The highest BCUT2D eigenvalue weighted by atomic mass is 16.6. The first-order valence-electron chi connectivity index (χ1n) is 3.04. The molecule has 1 amide bonds. The van der Waals surface area contributed by atoms with Gasteiger partial charge >= 0.3 is 0 Å². The second-order valence-corrected chi connectivity index (χ2v) is 1.91. The summed E-state index contributed by atoms with van der Waals surface area (Å²) in [5, 5.41) is 0. The maximum absolute atomic E-state index is 9.80. The Morgan fingerprint density at radius 1 is 1.55 bits per heavy atom. The molecule has 4 heteroatoms. The molecule has 0 spiro atoms. The van der Waals surface area contributed by atoms with Crippen molar-refractivity contribution in [2.45, 2.75) is 0 Å². The summed E-state index contributed by atoms with van der Waals surface area (Å²) in [5.74, 6) is 0.511. The molecule has 1 rings (SSSR count). The first kappa shape index (κ1) is 7.40. The molecular weight excluding hydrogens is 144 g/mol. The Labute approximate surface area is 63.9 Å². The standard InChI is InChI=1S/C7H8N2O2/c8-6-2-1-3-7(4-6)11-9-5-10/h1-5H,8H2,(H,9,10). The molecule has 0 aromatic heterocycles. The smallest absolute Gasteiger partial charge is 0.239 e. The van der Waals surface area contributed by atoms with Crippen LogP contribution in [0.3, 0.4) is 0 Å². The van der Waals surface area contributed by atoms with Gasteiger partial charge in [-0.3, -0.25) is 4.79 Å². The molecule has 11 heavy (non-hydrogen) atoms. The van der Waals surface area contributed by atoms with E-state index in [0.717, 1.165) is 0 Å². The van der Waals surface area contributed by atoms with Gasteiger partial charge in [0.15, 0.2) is 5.75 Å². The molecule has 0 atom stereocenters. The van der Waals surface area contributed by atoms with Crippen LogP contribution >= 0.6 is 0 Å². The molecule has 0 unspecified atom stereocenters. The highest BCUT2D eigenvalue weighted by Gasteiger charge is 1.91. The number of nitrogens with one attached hydrogen (secondary N) is 1. The zero-order valence-corrected chi connectivity index (χ0v) is 5.78. The highest BCUT2D eigenvalue weighted by Crippen LogP contribution is 2.12. The Morgan fingerprint density at radius 3 is 3.00 bits per heavy atom. The van der Waals surface area contributed by atoms with Crippen molar-refractivity contribution in [3.63, 3.8) is 0 Å². The second-order valence-electron chi connectivity index (χ2n) is 1.91. The van der Waals surface area contributed by atoms with Gasteiger partial charge in [0.1, 0.15) is 0 Å². The molecule has 1 aromatic carbocycles. The number of hydrogen-bond acceptors (Lipinski definition) is 3. The van der Waals surface area contributed by atoms with Crippen LogP contribution in [-0.2, 0) is 4.79 Å². The number of benzene rings is 1.